The van der Waals surface area contributed by atoms with Crippen molar-refractivity contribution in [3.05, 3.63) is 65.4 Å². The highest BCUT2D eigenvalue weighted by Gasteiger charge is 2.39. The van der Waals surface area contributed by atoms with Crippen molar-refractivity contribution in [1.29, 1.82) is 0 Å². The van der Waals surface area contributed by atoms with Crippen LogP contribution in [0.3, 0.4) is 0 Å². The van der Waals surface area contributed by atoms with Gasteiger partial charge in [0, 0.05) is 17.5 Å². The van der Waals surface area contributed by atoms with Gasteiger partial charge in [-0.15, -0.1) is 0 Å². The largest absolute Gasteiger partial charge is 0.454 e. The molecule has 0 saturated heterocycles. The minimum atomic E-state index is -0.0831. The van der Waals surface area contributed by atoms with Gasteiger partial charge in [-0.05, 0) is 53.8 Å². The molecule has 1 fully saturated rings. The van der Waals surface area contributed by atoms with Gasteiger partial charge in [-0.1, -0.05) is 31.0 Å². The van der Waals surface area contributed by atoms with Gasteiger partial charge in [0.25, 0.3) is 0 Å². The third kappa shape index (κ3) is 2.43. The number of fused-ring (bicyclic) bond motifs is 5. The molecule has 3 aromatic rings. The number of hydrogen-bond donors (Lipinski definition) is 0. The molecule has 1 aliphatic carbocycles. The van der Waals surface area contributed by atoms with Crippen molar-refractivity contribution in [3.8, 4) is 11.5 Å². The monoisotopic (exact) mass is 359 g/mol. The van der Waals surface area contributed by atoms with Crippen molar-refractivity contribution >= 4 is 10.9 Å². The van der Waals surface area contributed by atoms with Gasteiger partial charge in [0.15, 0.2) is 11.5 Å². The number of rotatable bonds is 1. The van der Waals surface area contributed by atoms with Crippen molar-refractivity contribution < 1.29 is 14.2 Å². The fraction of sp³-hybridized carbons (Fsp3) is 0.348. The summed E-state index contributed by atoms with van der Waals surface area (Å²) in [4.78, 5) is 4.53. The zero-order valence-electron chi connectivity index (χ0n) is 15.1. The minimum Gasteiger partial charge on any atom is -0.454 e. The van der Waals surface area contributed by atoms with E-state index in [4.69, 9.17) is 14.2 Å². The first-order valence-corrected chi connectivity index (χ1v) is 9.80. The van der Waals surface area contributed by atoms with Crippen LogP contribution in [0.2, 0.25) is 0 Å². The standard InChI is InChI=1S/C23H21NO3/c1-2-6-20-16(5-1)17-11-21-22(26-13-25-21)12-18(17)23(27-20)15-8-7-14-4-3-9-24-19(14)10-15/h3-4,7-12,16,20,23H,1-2,5-6,13H2/t16-,20+,23+/m1/s1. The van der Waals surface area contributed by atoms with Crippen molar-refractivity contribution in [2.75, 3.05) is 6.79 Å². The molecular formula is C23H21NO3. The van der Waals surface area contributed by atoms with Gasteiger partial charge in [0.1, 0.15) is 6.10 Å². The summed E-state index contributed by atoms with van der Waals surface area (Å²) in [6.07, 6.45) is 6.85. The highest BCUT2D eigenvalue weighted by atomic mass is 16.7. The van der Waals surface area contributed by atoms with E-state index in [0.717, 1.165) is 34.4 Å². The summed E-state index contributed by atoms with van der Waals surface area (Å²) in [5.74, 6) is 2.16. The lowest BCUT2D eigenvalue weighted by atomic mass is 9.76. The van der Waals surface area contributed by atoms with Crippen LogP contribution in [0.1, 0.15) is 54.4 Å². The molecule has 0 unspecified atom stereocenters. The molecule has 3 atom stereocenters. The molecule has 0 amide bonds. The van der Waals surface area contributed by atoms with E-state index in [0.29, 0.717) is 12.7 Å². The van der Waals surface area contributed by atoms with Gasteiger partial charge in [0.05, 0.1) is 11.6 Å². The molecule has 3 heterocycles. The molecule has 4 nitrogen and oxygen atoms in total. The Bertz CT molecular complexity index is 1030. The quantitative estimate of drug-likeness (QED) is 0.605. The van der Waals surface area contributed by atoms with Crippen LogP contribution < -0.4 is 9.47 Å². The van der Waals surface area contributed by atoms with E-state index in [1.807, 2.05) is 12.3 Å². The predicted molar refractivity (Wildman–Crippen MR) is 102 cm³/mol. The second kappa shape index (κ2) is 5.96. The second-order valence-corrected chi connectivity index (χ2v) is 7.74. The first-order valence-electron chi connectivity index (χ1n) is 9.80. The summed E-state index contributed by atoms with van der Waals surface area (Å²) >= 11 is 0. The zero-order valence-corrected chi connectivity index (χ0v) is 15.1. The van der Waals surface area contributed by atoms with Crippen molar-refractivity contribution in [1.82, 2.24) is 4.98 Å². The molecule has 0 bridgehead atoms. The van der Waals surface area contributed by atoms with Gasteiger partial charge in [-0.25, -0.2) is 0 Å². The maximum Gasteiger partial charge on any atom is 0.231 e. The number of nitrogens with zero attached hydrogens (tertiary/aromatic N) is 1. The number of pyridine rings is 1. The molecule has 1 saturated carbocycles. The van der Waals surface area contributed by atoms with Gasteiger partial charge in [0.2, 0.25) is 6.79 Å². The Morgan fingerprint density at radius 2 is 1.74 bits per heavy atom. The van der Waals surface area contributed by atoms with Gasteiger partial charge >= 0.3 is 0 Å². The Balaban J connectivity index is 1.52. The molecule has 0 radical (unpaired) electrons. The number of benzene rings is 2. The second-order valence-electron chi connectivity index (χ2n) is 7.74. The van der Waals surface area contributed by atoms with Crippen LogP contribution in [-0.2, 0) is 4.74 Å². The van der Waals surface area contributed by atoms with E-state index < -0.39 is 0 Å². The Labute approximate surface area is 158 Å². The average Bonchev–Trinajstić information content (AvgIpc) is 3.19. The van der Waals surface area contributed by atoms with E-state index in [1.54, 1.807) is 0 Å². The van der Waals surface area contributed by atoms with Crippen LogP contribution in [0, 0.1) is 0 Å². The maximum atomic E-state index is 6.69. The molecule has 136 valence electrons. The molecule has 27 heavy (non-hydrogen) atoms. The van der Waals surface area contributed by atoms with Gasteiger partial charge in [-0.3, -0.25) is 4.98 Å². The Morgan fingerprint density at radius 3 is 2.67 bits per heavy atom. The highest BCUT2D eigenvalue weighted by molar-refractivity contribution is 5.79. The number of hydrogen-bond acceptors (Lipinski definition) is 4. The molecule has 3 aliphatic rings. The lowest BCUT2D eigenvalue weighted by Crippen LogP contribution is -2.33. The molecule has 2 aromatic carbocycles. The first kappa shape index (κ1) is 15.5. The molecule has 2 aliphatic heterocycles. The third-order valence-electron chi connectivity index (χ3n) is 6.21. The van der Waals surface area contributed by atoms with E-state index in [9.17, 15) is 0 Å². The molecular weight excluding hydrogens is 338 g/mol. The van der Waals surface area contributed by atoms with E-state index in [-0.39, 0.29) is 12.2 Å². The van der Waals surface area contributed by atoms with Crippen molar-refractivity contribution in [3.63, 3.8) is 0 Å². The van der Waals surface area contributed by atoms with Crippen LogP contribution in [0.15, 0.2) is 48.7 Å². The van der Waals surface area contributed by atoms with E-state index in [2.05, 4.69) is 41.4 Å². The predicted octanol–water partition coefficient (Wildman–Crippen LogP) is 5.11. The van der Waals surface area contributed by atoms with Crippen LogP contribution in [-0.4, -0.2) is 17.9 Å². The van der Waals surface area contributed by atoms with E-state index >= 15 is 0 Å². The summed E-state index contributed by atoms with van der Waals surface area (Å²) in [6.45, 7) is 0.303. The highest BCUT2D eigenvalue weighted by Crippen LogP contribution is 2.50. The lowest BCUT2D eigenvalue weighted by Gasteiger charge is -2.41. The van der Waals surface area contributed by atoms with E-state index in [1.165, 1.54) is 30.4 Å². The number of ether oxygens (including phenoxy) is 3. The van der Waals surface area contributed by atoms with Crippen LogP contribution >= 0.6 is 0 Å². The summed E-state index contributed by atoms with van der Waals surface area (Å²) in [7, 11) is 0. The third-order valence-corrected chi connectivity index (χ3v) is 6.21. The fourth-order valence-electron chi connectivity index (χ4n) is 4.89. The van der Waals surface area contributed by atoms with Crippen LogP contribution in [0.25, 0.3) is 10.9 Å². The normalized spacial score (nSPS) is 25.9. The first-order chi connectivity index (χ1) is 13.4. The van der Waals surface area contributed by atoms with Crippen LogP contribution in [0.4, 0.5) is 0 Å². The zero-order chi connectivity index (χ0) is 17.8. The average molecular weight is 359 g/mol. The smallest absolute Gasteiger partial charge is 0.231 e. The molecule has 6 rings (SSSR count). The molecule has 4 heteroatoms. The van der Waals surface area contributed by atoms with Crippen molar-refractivity contribution in [2.24, 2.45) is 0 Å². The minimum absolute atomic E-state index is 0.0831. The Morgan fingerprint density at radius 1 is 0.889 bits per heavy atom. The lowest BCUT2D eigenvalue weighted by molar-refractivity contribution is -0.0389. The van der Waals surface area contributed by atoms with Gasteiger partial charge < -0.3 is 14.2 Å². The number of aromatic nitrogens is 1. The van der Waals surface area contributed by atoms with Gasteiger partial charge in [-0.2, -0.15) is 0 Å². The topological polar surface area (TPSA) is 40.6 Å². The fourth-order valence-corrected chi connectivity index (χ4v) is 4.89. The maximum absolute atomic E-state index is 6.69. The summed E-state index contributed by atoms with van der Waals surface area (Å²) in [5.41, 5.74) is 4.76. The molecule has 0 N–H and O–H groups in total. The summed E-state index contributed by atoms with van der Waals surface area (Å²) in [6, 6.07) is 14.9. The SMILES string of the molecule is c1cnc2cc([C@@H]3O[C@H]4CCCC[C@@H]4c4cc5c(cc43)OCO5)ccc2c1. The Kier molecular flexibility index (Phi) is 3.41. The Hall–Kier alpha value is -2.59. The summed E-state index contributed by atoms with van der Waals surface area (Å²) in [5, 5.41) is 1.15. The molecule has 0 spiro atoms. The van der Waals surface area contributed by atoms with Crippen LogP contribution in [0.5, 0.6) is 11.5 Å². The van der Waals surface area contributed by atoms with Crippen molar-refractivity contribution in [2.45, 2.75) is 43.8 Å². The summed E-state index contributed by atoms with van der Waals surface area (Å²) < 4.78 is 18.0. The molecule has 1 aromatic heterocycles.